The highest BCUT2D eigenvalue weighted by Gasteiger charge is 2.09. The van der Waals surface area contributed by atoms with Crippen LogP contribution in [0.25, 0.3) is 0 Å². The van der Waals surface area contributed by atoms with Crippen LogP contribution in [0.2, 0.25) is 0 Å². The van der Waals surface area contributed by atoms with Gasteiger partial charge >= 0.3 is 5.97 Å². The third-order valence-electron chi connectivity index (χ3n) is 1.17. The first kappa shape index (κ1) is 9.42. The molecule has 60 valence electrons. The summed E-state index contributed by atoms with van der Waals surface area (Å²) in [6.45, 7) is 1.49. The predicted molar refractivity (Wildman–Crippen MR) is 36.6 cm³/mol. The van der Waals surface area contributed by atoms with Crippen LogP contribution in [0, 0.1) is 5.92 Å². The molecule has 0 radical (unpaired) electrons. The maximum atomic E-state index is 10.1. The minimum absolute atomic E-state index is 0.0389. The molecule has 0 aromatic carbocycles. The average molecular weight is 166 g/mol. The number of carboxylic acids is 1. The molecule has 0 aliphatic heterocycles. The van der Waals surface area contributed by atoms with Crippen LogP contribution in [0.1, 0.15) is 13.3 Å². The van der Waals surface area contributed by atoms with Crippen molar-refractivity contribution in [3.63, 3.8) is 0 Å². The van der Waals surface area contributed by atoms with E-state index in [0.717, 1.165) is 0 Å². The predicted octanol–water partition coefficient (Wildman–Crippen LogP) is -0.291. The first-order valence-corrected chi connectivity index (χ1v) is 4.25. The largest absolute Gasteiger partial charge is 0.481 e. The van der Waals surface area contributed by atoms with Gasteiger partial charge in [0.1, 0.15) is 10.7 Å². The summed E-state index contributed by atoms with van der Waals surface area (Å²) in [5.41, 5.74) is 0. The Morgan fingerprint density at radius 3 is 2.40 bits per heavy atom. The van der Waals surface area contributed by atoms with Crippen LogP contribution < -0.4 is 0 Å². The van der Waals surface area contributed by atoms with Crippen molar-refractivity contribution in [3.05, 3.63) is 0 Å². The van der Waals surface area contributed by atoms with Gasteiger partial charge in [0.2, 0.25) is 0 Å². The van der Waals surface area contributed by atoms with Crippen LogP contribution in [0.15, 0.2) is 0 Å². The van der Waals surface area contributed by atoms with Crippen LogP contribution in [0.4, 0.5) is 0 Å². The molecular formula is C5H10O4S. The monoisotopic (exact) mass is 166 g/mol. The summed E-state index contributed by atoms with van der Waals surface area (Å²) >= 11 is 0. The number of rotatable bonds is 4. The molecule has 5 heteroatoms. The van der Waals surface area contributed by atoms with E-state index in [1.54, 1.807) is 0 Å². The van der Waals surface area contributed by atoms with E-state index in [-0.39, 0.29) is 12.2 Å². The van der Waals surface area contributed by atoms with Crippen molar-refractivity contribution in [2.45, 2.75) is 13.3 Å². The Hall–Kier alpha value is -0.580. The second-order valence-corrected chi connectivity index (χ2v) is 3.20. The van der Waals surface area contributed by atoms with Crippen LogP contribution in [0.5, 0.6) is 0 Å². The minimum Gasteiger partial charge on any atom is -0.481 e. The molecule has 1 unspecified atom stereocenters. The van der Waals surface area contributed by atoms with Gasteiger partial charge in [-0.25, -0.2) is 8.42 Å². The Morgan fingerprint density at radius 1 is 1.60 bits per heavy atom. The van der Waals surface area contributed by atoms with Crippen molar-refractivity contribution in [1.29, 1.82) is 0 Å². The number of carboxylic acid groups (broad SMARTS) is 1. The highest BCUT2D eigenvalue weighted by Crippen LogP contribution is 2.00. The van der Waals surface area contributed by atoms with Crippen molar-refractivity contribution in [1.82, 2.24) is 0 Å². The molecule has 0 aliphatic carbocycles. The minimum atomic E-state index is -2.42. The molecule has 0 aromatic rings. The maximum Gasteiger partial charge on any atom is 0.306 e. The van der Waals surface area contributed by atoms with Gasteiger partial charge in [-0.15, -0.1) is 0 Å². The summed E-state index contributed by atoms with van der Waals surface area (Å²) in [5, 5.41) is 8.30. The molecule has 0 spiro atoms. The smallest absolute Gasteiger partial charge is 0.306 e. The van der Waals surface area contributed by atoms with E-state index in [1.165, 1.54) is 6.92 Å². The van der Waals surface area contributed by atoms with E-state index >= 15 is 0 Å². The standard InChI is InChI=1S/C5H10O4S/c1-4(5(6)7)2-3-10(8)9/h4,10H,2-3H2,1H3,(H,6,7). The molecule has 4 nitrogen and oxygen atoms in total. The summed E-state index contributed by atoms with van der Waals surface area (Å²) in [6.07, 6.45) is 0.202. The Bertz CT molecular complexity index is 176. The molecule has 0 saturated heterocycles. The summed E-state index contributed by atoms with van der Waals surface area (Å²) in [4.78, 5) is 10.1. The number of carbonyl (C=O) groups is 1. The molecule has 0 fully saturated rings. The molecule has 0 aliphatic rings. The van der Waals surface area contributed by atoms with E-state index in [0.29, 0.717) is 0 Å². The van der Waals surface area contributed by atoms with Crippen molar-refractivity contribution in [3.8, 4) is 0 Å². The Balaban J connectivity index is 3.59. The molecule has 0 aromatic heterocycles. The Kier molecular flexibility index (Phi) is 4.02. The number of thiol groups is 1. The number of hydrogen-bond donors (Lipinski definition) is 2. The van der Waals surface area contributed by atoms with Crippen molar-refractivity contribution >= 4 is 16.7 Å². The number of hydrogen-bond acceptors (Lipinski definition) is 3. The first-order valence-electron chi connectivity index (χ1n) is 2.88. The second-order valence-electron chi connectivity index (χ2n) is 2.08. The fourth-order valence-electron chi connectivity index (χ4n) is 0.423. The van der Waals surface area contributed by atoms with E-state index < -0.39 is 22.6 Å². The molecule has 0 bridgehead atoms. The molecule has 10 heavy (non-hydrogen) atoms. The zero-order valence-corrected chi connectivity index (χ0v) is 6.51. The molecule has 1 atom stereocenters. The van der Waals surface area contributed by atoms with E-state index in [4.69, 9.17) is 5.11 Å². The fraction of sp³-hybridized carbons (Fsp3) is 0.800. The molecule has 0 rings (SSSR count). The van der Waals surface area contributed by atoms with Gasteiger partial charge in [0.15, 0.2) is 0 Å². The number of aliphatic carboxylic acids is 1. The summed E-state index contributed by atoms with van der Waals surface area (Å²) in [6, 6.07) is 0. The van der Waals surface area contributed by atoms with Crippen molar-refractivity contribution in [2.75, 3.05) is 5.75 Å². The Labute approximate surface area is 60.8 Å². The molecule has 0 amide bonds. The highest BCUT2D eigenvalue weighted by molar-refractivity contribution is 7.72. The third kappa shape index (κ3) is 4.31. The van der Waals surface area contributed by atoms with Gasteiger partial charge in [0.05, 0.1) is 5.92 Å². The van der Waals surface area contributed by atoms with E-state index in [9.17, 15) is 13.2 Å². The van der Waals surface area contributed by atoms with Crippen molar-refractivity contribution < 1.29 is 18.3 Å². The van der Waals surface area contributed by atoms with E-state index in [1.807, 2.05) is 0 Å². The van der Waals surface area contributed by atoms with Crippen LogP contribution in [-0.4, -0.2) is 25.2 Å². The zero-order chi connectivity index (χ0) is 8.15. The van der Waals surface area contributed by atoms with Gasteiger partial charge in [0.25, 0.3) is 0 Å². The second kappa shape index (κ2) is 4.27. The molecular weight excluding hydrogens is 156 g/mol. The Morgan fingerprint density at radius 2 is 2.10 bits per heavy atom. The van der Waals surface area contributed by atoms with Crippen LogP contribution >= 0.6 is 0 Å². The van der Waals surface area contributed by atoms with Crippen LogP contribution in [-0.2, 0) is 15.5 Å². The summed E-state index contributed by atoms with van der Waals surface area (Å²) < 4.78 is 19.9. The van der Waals surface area contributed by atoms with Gasteiger partial charge < -0.3 is 5.11 Å². The lowest BCUT2D eigenvalue weighted by Gasteiger charge is -1.99. The van der Waals surface area contributed by atoms with Crippen LogP contribution in [0.3, 0.4) is 0 Å². The summed E-state index contributed by atoms with van der Waals surface area (Å²) in [7, 11) is -2.42. The first-order chi connectivity index (χ1) is 4.54. The topological polar surface area (TPSA) is 71.4 Å². The lowest BCUT2D eigenvalue weighted by molar-refractivity contribution is -0.141. The SMILES string of the molecule is CC(CC[SH](=O)=O)C(=O)O. The molecule has 0 saturated carbocycles. The van der Waals surface area contributed by atoms with Gasteiger partial charge in [-0.1, -0.05) is 6.92 Å². The highest BCUT2D eigenvalue weighted by atomic mass is 32.2. The lowest BCUT2D eigenvalue weighted by Crippen LogP contribution is -2.11. The molecule has 1 N–H and O–H groups in total. The third-order valence-corrected chi connectivity index (χ3v) is 1.79. The quantitative estimate of drug-likeness (QED) is 0.563. The van der Waals surface area contributed by atoms with E-state index in [2.05, 4.69) is 0 Å². The zero-order valence-electron chi connectivity index (χ0n) is 5.61. The van der Waals surface area contributed by atoms with Gasteiger partial charge in [-0.3, -0.25) is 4.79 Å². The van der Waals surface area contributed by atoms with Gasteiger partial charge in [-0.2, -0.15) is 0 Å². The summed E-state index contributed by atoms with van der Waals surface area (Å²) in [5.74, 6) is -1.55. The maximum absolute atomic E-state index is 10.1. The fourth-order valence-corrected chi connectivity index (χ4v) is 1.02. The lowest BCUT2D eigenvalue weighted by atomic mass is 10.1. The van der Waals surface area contributed by atoms with Gasteiger partial charge in [0, 0.05) is 5.75 Å². The van der Waals surface area contributed by atoms with Crippen molar-refractivity contribution in [2.24, 2.45) is 5.92 Å². The normalized spacial score (nSPS) is 13.4. The molecule has 0 heterocycles. The van der Waals surface area contributed by atoms with Gasteiger partial charge in [-0.05, 0) is 6.42 Å². The average Bonchev–Trinajstić information content (AvgIpc) is 1.82.